The Kier molecular flexibility index (Phi) is 3.49. The third-order valence-electron chi connectivity index (χ3n) is 2.78. The van der Waals surface area contributed by atoms with Crippen LogP contribution in [0.2, 0.25) is 0 Å². The molecule has 0 atom stereocenters. The lowest BCUT2D eigenvalue weighted by Crippen LogP contribution is -2.62. The largest absolute Gasteiger partial charge is 0.471 e. The van der Waals surface area contributed by atoms with Gasteiger partial charge in [0.25, 0.3) is 0 Å². The van der Waals surface area contributed by atoms with Gasteiger partial charge in [-0.15, -0.1) is 0 Å². The van der Waals surface area contributed by atoms with Crippen LogP contribution >= 0.6 is 0 Å². The molecule has 6 heteroatoms. The standard InChI is InChI=1S/C11H19F3N2O/c1-9(2)5-7(6-10(3,4)16-9)15-8(17)11(12,13)14/h7,16H,5-6H2,1-4H3,(H,15,17). The summed E-state index contributed by atoms with van der Waals surface area (Å²) in [5.74, 6) is -1.85. The molecule has 1 rings (SSSR count). The molecule has 0 aromatic rings. The second kappa shape index (κ2) is 4.15. The molecular formula is C11H19F3N2O. The Labute approximate surface area is 99.1 Å². The van der Waals surface area contributed by atoms with Gasteiger partial charge in [0.2, 0.25) is 0 Å². The van der Waals surface area contributed by atoms with Crippen molar-refractivity contribution in [2.24, 2.45) is 0 Å². The van der Waals surface area contributed by atoms with Crippen LogP contribution in [0.1, 0.15) is 40.5 Å². The number of carbonyl (C=O) groups excluding carboxylic acids is 1. The number of nitrogens with one attached hydrogen (secondary N) is 2. The highest BCUT2D eigenvalue weighted by Gasteiger charge is 2.43. The first-order valence-electron chi connectivity index (χ1n) is 5.58. The van der Waals surface area contributed by atoms with Gasteiger partial charge in [0.1, 0.15) is 0 Å². The molecule has 0 unspecified atom stereocenters. The lowest BCUT2D eigenvalue weighted by atomic mass is 9.79. The minimum absolute atomic E-state index is 0.286. The summed E-state index contributed by atoms with van der Waals surface area (Å²) in [5, 5.41) is 5.41. The van der Waals surface area contributed by atoms with Crippen LogP contribution in [0.15, 0.2) is 0 Å². The molecule has 0 bridgehead atoms. The van der Waals surface area contributed by atoms with Gasteiger partial charge in [-0.05, 0) is 40.5 Å². The van der Waals surface area contributed by atoms with Gasteiger partial charge in [0.15, 0.2) is 0 Å². The summed E-state index contributed by atoms with van der Waals surface area (Å²) < 4.78 is 36.5. The number of hydrogen-bond acceptors (Lipinski definition) is 2. The van der Waals surface area contributed by atoms with Crippen molar-refractivity contribution < 1.29 is 18.0 Å². The van der Waals surface area contributed by atoms with E-state index in [1.807, 2.05) is 27.7 Å². The summed E-state index contributed by atoms with van der Waals surface area (Å²) >= 11 is 0. The highest BCUT2D eigenvalue weighted by molar-refractivity contribution is 5.81. The van der Waals surface area contributed by atoms with Crippen molar-refractivity contribution in [3.63, 3.8) is 0 Å². The SMILES string of the molecule is CC1(C)CC(NC(=O)C(F)(F)F)CC(C)(C)N1. The van der Waals surface area contributed by atoms with E-state index >= 15 is 0 Å². The Hall–Kier alpha value is -0.780. The number of amides is 1. The van der Waals surface area contributed by atoms with Gasteiger partial charge in [-0.1, -0.05) is 0 Å². The first kappa shape index (κ1) is 14.3. The van der Waals surface area contributed by atoms with E-state index < -0.39 is 18.1 Å². The van der Waals surface area contributed by atoms with Crippen molar-refractivity contribution in [2.45, 2.75) is 63.8 Å². The van der Waals surface area contributed by atoms with E-state index in [1.165, 1.54) is 0 Å². The Morgan fingerprint density at radius 3 is 1.94 bits per heavy atom. The molecule has 0 saturated carbocycles. The molecule has 100 valence electrons. The van der Waals surface area contributed by atoms with Crippen LogP contribution in [0.4, 0.5) is 13.2 Å². The van der Waals surface area contributed by atoms with Crippen LogP contribution in [-0.4, -0.2) is 29.2 Å². The second-order valence-corrected chi connectivity index (χ2v) is 5.97. The number of hydrogen-bond donors (Lipinski definition) is 2. The Balaban J connectivity index is 2.70. The minimum Gasteiger partial charge on any atom is -0.345 e. The first-order valence-corrected chi connectivity index (χ1v) is 5.58. The maximum atomic E-state index is 12.2. The summed E-state index contributed by atoms with van der Waals surface area (Å²) in [6, 6.07) is -0.449. The van der Waals surface area contributed by atoms with E-state index in [4.69, 9.17) is 0 Å². The lowest BCUT2D eigenvalue weighted by Gasteiger charge is -2.46. The fourth-order valence-electron chi connectivity index (χ4n) is 2.69. The number of halogens is 3. The highest BCUT2D eigenvalue weighted by atomic mass is 19.4. The van der Waals surface area contributed by atoms with Crippen molar-refractivity contribution in [1.82, 2.24) is 10.6 Å². The summed E-state index contributed by atoms with van der Waals surface area (Å²) in [6.45, 7) is 7.67. The van der Waals surface area contributed by atoms with E-state index in [2.05, 4.69) is 10.6 Å². The lowest BCUT2D eigenvalue weighted by molar-refractivity contribution is -0.174. The maximum absolute atomic E-state index is 12.2. The van der Waals surface area contributed by atoms with Crippen LogP contribution in [0.3, 0.4) is 0 Å². The molecule has 1 saturated heterocycles. The van der Waals surface area contributed by atoms with E-state index in [0.717, 1.165) is 0 Å². The van der Waals surface area contributed by atoms with E-state index in [0.29, 0.717) is 12.8 Å². The Bertz CT molecular complexity index is 294. The van der Waals surface area contributed by atoms with Crippen molar-refractivity contribution in [2.75, 3.05) is 0 Å². The van der Waals surface area contributed by atoms with Crippen molar-refractivity contribution >= 4 is 5.91 Å². The molecule has 17 heavy (non-hydrogen) atoms. The quantitative estimate of drug-likeness (QED) is 0.749. The summed E-state index contributed by atoms with van der Waals surface area (Å²) in [7, 11) is 0. The number of piperidine rings is 1. The topological polar surface area (TPSA) is 41.1 Å². The monoisotopic (exact) mass is 252 g/mol. The predicted molar refractivity (Wildman–Crippen MR) is 58.5 cm³/mol. The van der Waals surface area contributed by atoms with Crippen LogP contribution in [0.5, 0.6) is 0 Å². The Morgan fingerprint density at radius 1 is 1.18 bits per heavy atom. The molecular weight excluding hydrogens is 233 g/mol. The fourth-order valence-corrected chi connectivity index (χ4v) is 2.69. The van der Waals surface area contributed by atoms with Crippen LogP contribution < -0.4 is 10.6 Å². The normalized spacial score (nSPS) is 24.4. The molecule has 0 aliphatic carbocycles. The summed E-state index contributed by atoms with van der Waals surface area (Å²) in [4.78, 5) is 10.9. The van der Waals surface area contributed by atoms with E-state index in [1.54, 1.807) is 0 Å². The van der Waals surface area contributed by atoms with Crippen LogP contribution in [-0.2, 0) is 4.79 Å². The number of carbonyl (C=O) groups is 1. The molecule has 0 spiro atoms. The van der Waals surface area contributed by atoms with Gasteiger partial charge in [0.05, 0.1) is 0 Å². The average Bonchev–Trinajstić information content (AvgIpc) is 1.94. The molecule has 3 nitrogen and oxygen atoms in total. The summed E-state index contributed by atoms with van der Waals surface area (Å²) in [5.41, 5.74) is -0.573. The third kappa shape index (κ3) is 4.18. The maximum Gasteiger partial charge on any atom is 0.471 e. The van der Waals surface area contributed by atoms with Crippen molar-refractivity contribution in [3.05, 3.63) is 0 Å². The first-order chi connectivity index (χ1) is 7.41. The number of alkyl halides is 3. The fraction of sp³-hybridized carbons (Fsp3) is 0.909. The van der Waals surface area contributed by atoms with Gasteiger partial charge < -0.3 is 10.6 Å². The van der Waals surface area contributed by atoms with Crippen molar-refractivity contribution in [1.29, 1.82) is 0 Å². The zero-order chi connectivity index (χ0) is 13.5. The zero-order valence-corrected chi connectivity index (χ0v) is 10.5. The molecule has 1 heterocycles. The zero-order valence-electron chi connectivity index (χ0n) is 10.5. The molecule has 1 aliphatic heterocycles. The summed E-state index contributed by atoms with van der Waals surface area (Å²) in [6.07, 6.45) is -3.84. The molecule has 1 aliphatic rings. The van der Waals surface area contributed by atoms with Gasteiger partial charge in [-0.2, -0.15) is 13.2 Å². The van der Waals surface area contributed by atoms with Gasteiger partial charge in [-0.3, -0.25) is 4.79 Å². The molecule has 1 fully saturated rings. The van der Waals surface area contributed by atoms with E-state index in [9.17, 15) is 18.0 Å². The Morgan fingerprint density at radius 2 is 1.59 bits per heavy atom. The van der Waals surface area contributed by atoms with Crippen molar-refractivity contribution in [3.8, 4) is 0 Å². The molecule has 0 aromatic carbocycles. The van der Waals surface area contributed by atoms with Gasteiger partial charge in [0, 0.05) is 17.1 Å². The van der Waals surface area contributed by atoms with E-state index in [-0.39, 0.29) is 11.1 Å². The van der Waals surface area contributed by atoms with Crippen LogP contribution in [0.25, 0.3) is 0 Å². The molecule has 2 N–H and O–H groups in total. The highest BCUT2D eigenvalue weighted by Crippen LogP contribution is 2.29. The average molecular weight is 252 g/mol. The van der Waals surface area contributed by atoms with Crippen LogP contribution in [0, 0.1) is 0 Å². The van der Waals surface area contributed by atoms with Gasteiger partial charge in [-0.25, -0.2) is 0 Å². The van der Waals surface area contributed by atoms with Gasteiger partial charge >= 0.3 is 12.1 Å². The molecule has 1 amide bonds. The molecule has 0 radical (unpaired) electrons. The third-order valence-corrected chi connectivity index (χ3v) is 2.78. The predicted octanol–water partition coefficient (Wildman–Crippen LogP) is 1.97. The minimum atomic E-state index is -4.81. The second-order valence-electron chi connectivity index (χ2n) is 5.97. The smallest absolute Gasteiger partial charge is 0.345 e. The number of rotatable bonds is 1. The molecule has 0 aromatic heterocycles.